The quantitative estimate of drug-likeness (QED) is 0.272. The summed E-state index contributed by atoms with van der Waals surface area (Å²) in [5.74, 6) is 0. The van der Waals surface area contributed by atoms with Crippen molar-refractivity contribution in [2.45, 2.75) is 46.0 Å². The lowest BCUT2D eigenvalue weighted by Crippen LogP contribution is -2.26. The van der Waals surface area contributed by atoms with Crippen LogP contribution in [0.1, 0.15) is 44.2 Å². The van der Waals surface area contributed by atoms with Crippen LogP contribution >= 0.6 is 8.16 Å². The summed E-state index contributed by atoms with van der Waals surface area (Å²) in [5.41, 5.74) is 4.56. The Morgan fingerprint density at radius 1 is 0.697 bits per heavy atom. The van der Waals surface area contributed by atoms with Gasteiger partial charge in [-0.3, -0.25) is 0 Å². The molecule has 0 amide bonds. The third-order valence-electron chi connectivity index (χ3n) is 7.07. The lowest BCUT2D eigenvalue weighted by atomic mass is 9.94. The molecule has 0 radical (unpaired) electrons. The molecule has 1 fully saturated rings. The molecule has 0 bridgehead atoms. The summed E-state index contributed by atoms with van der Waals surface area (Å²) in [4.78, 5) is 0. The molecule has 0 atom stereocenters. The molecule has 5 aromatic rings. The van der Waals surface area contributed by atoms with E-state index < -0.39 is 8.16 Å². The van der Waals surface area contributed by atoms with Gasteiger partial charge in [-0.15, -0.1) is 0 Å². The van der Waals surface area contributed by atoms with Crippen LogP contribution in [0.3, 0.4) is 0 Å². The Morgan fingerprint density at radius 2 is 1.18 bits per heavy atom. The maximum absolute atomic E-state index is 6.93. The first-order valence-electron chi connectivity index (χ1n) is 12.3. The Hall–Kier alpha value is -2.74. The van der Waals surface area contributed by atoms with Gasteiger partial charge in [0, 0.05) is 23.9 Å². The third-order valence-corrected chi connectivity index (χ3v) is 8.61. The highest BCUT2D eigenvalue weighted by Gasteiger charge is 2.21. The predicted octanol–water partition coefficient (Wildman–Crippen LogP) is 8.84. The van der Waals surface area contributed by atoms with Gasteiger partial charge in [0.05, 0.1) is 0 Å². The van der Waals surface area contributed by atoms with Crippen LogP contribution in [-0.4, -0.2) is 13.1 Å². The molecule has 1 aliphatic heterocycles. The average Bonchev–Trinajstić information content (AvgIpc) is 3.06. The molecule has 6 rings (SSSR count). The maximum Gasteiger partial charge on any atom is 0.309 e. The summed E-state index contributed by atoms with van der Waals surface area (Å²) in [6.07, 6.45) is 5.57. The zero-order chi connectivity index (χ0) is 22.4. The number of fused-ring (bicyclic) bond motifs is 7. The number of hydrogen-bond acceptors (Lipinski definition) is 3. The highest BCUT2D eigenvalue weighted by atomic mass is 31.1. The highest BCUT2D eigenvalue weighted by Crippen LogP contribution is 2.44. The molecule has 4 aromatic carbocycles. The lowest BCUT2D eigenvalue weighted by molar-refractivity contribution is 0.558. The molecule has 4 heteroatoms. The molecule has 0 unspecified atom stereocenters. The highest BCUT2D eigenvalue weighted by molar-refractivity contribution is 7.39. The van der Waals surface area contributed by atoms with E-state index in [-0.39, 0.29) is 0 Å². The second kappa shape index (κ2) is 8.56. The van der Waals surface area contributed by atoms with Gasteiger partial charge in [0.15, 0.2) is 0 Å². The van der Waals surface area contributed by atoms with E-state index >= 15 is 0 Å². The molecule has 1 saturated heterocycles. The maximum atomic E-state index is 6.93. The van der Waals surface area contributed by atoms with E-state index in [1.165, 1.54) is 62.7 Å². The molecule has 0 N–H and O–H groups in total. The molecular weight excluding hydrogens is 425 g/mol. The van der Waals surface area contributed by atoms with Crippen molar-refractivity contribution in [1.82, 2.24) is 0 Å². The van der Waals surface area contributed by atoms with Gasteiger partial charge in [-0.1, -0.05) is 68.8 Å². The van der Waals surface area contributed by atoms with Crippen LogP contribution in [0.4, 0.5) is 0 Å². The van der Waals surface area contributed by atoms with Crippen molar-refractivity contribution >= 4 is 51.6 Å². The second-order valence-corrected chi connectivity index (χ2v) is 10.5. The van der Waals surface area contributed by atoms with E-state index in [1.54, 1.807) is 0 Å². The standard InChI is InChI=1S/C29H30NO2P/c1-3-20-18-22-12-6-8-14-24(22)26-27-25-15-9-7-13-23(25)19-21(4-2)29(27)32-33(31-28(20)26)30-16-10-5-11-17-30/h6-9,12-15,18-19H,3-5,10-11,16-17H2,1-2H3. The van der Waals surface area contributed by atoms with Gasteiger partial charge in [-0.2, -0.15) is 0 Å². The van der Waals surface area contributed by atoms with Crippen LogP contribution < -0.4 is 4.67 Å². The molecule has 33 heavy (non-hydrogen) atoms. The van der Waals surface area contributed by atoms with Crippen molar-refractivity contribution in [2.24, 2.45) is 0 Å². The first-order chi connectivity index (χ1) is 16.3. The number of aryl methyl sites for hydroxylation is 2. The molecular formula is C29H30NO2P. The van der Waals surface area contributed by atoms with Crippen LogP contribution in [0.5, 0.6) is 0 Å². The molecule has 0 saturated carbocycles. The van der Waals surface area contributed by atoms with E-state index in [0.717, 1.165) is 37.1 Å². The summed E-state index contributed by atoms with van der Waals surface area (Å²) in [6, 6.07) is 22.1. The average molecular weight is 456 g/mol. The zero-order valence-electron chi connectivity index (χ0n) is 19.4. The second-order valence-electron chi connectivity index (χ2n) is 9.06. The minimum absolute atomic E-state index is 0.928. The van der Waals surface area contributed by atoms with Gasteiger partial charge in [-0.05, 0) is 70.5 Å². The molecule has 3 nitrogen and oxygen atoms in total. The summed E-state index contributed by atoms with van der Waals surface area (Å²) >= 11 is 0. The van der Waals surface area contributed by atoms with Crippen molar-refractivity contribution < 1.29 is 8.39 Å². The lowest BCUT2D eigenvalue weighted by Gasteiger charge is -2.22. The largest absolute Gasteiger partial charge is 0.407 e. The summed E-state index contributed by atoms with van der Waals surface area (Å²) in [5, 5.41) is 7.41. The Bertz CT molecular complexity index is 1420. The van der Waals surface area contributed by atoms with Crippen molar-refractivity contribution in [3.8, 4) is 0 Å². The molecule has 1 aromatic heterocycles. The normalized spacial score (nSPS) is 15.1. The van der Waals surface area contributed by atoms with Gasteiger partial charge < -0.3 is 8.39 Å². The van der Waals surface area contributed by atoms with E-state index in [9.17, 15) is 0 Å². The Balaban J connectivity index is 1.92. The van der Waals surface area contributed by atoms with Crippen molar-refractivity contribution in [3.63, 3.8) is 0 Å². The Morgan fingerprint density at radius 3 is 1.67 bits per heavy atom. The summed E-state index contributed by atoms with van der Waals surface area (Å²) < 4.78 is 16.3. The first kappa shape index (κ1) is 20.8. The van der Waals surface area contributed by atoms with Crippen LogP contribution in [0.15, 0.2) is 69.1 Å². The number of nitrogens with zero attached hydrogens (tertiary/aromatic N) is 1. The van der Waals surface area contributed by atoms with Crippen LogP contribution in [0.25, 0.3) is 43.5 Å². The number of hydrogen-bond donors (Lipinski definition) is 0. The Labute approximate surface area is 195 Å². The van der Waals surface area contributed by atoms with Gasteiger partial charge in [0.25, 0.3) is 0 Å². The van der Waals surface area contributed by atoms with Crippen LogP contribution in [-0.2, 0) is 12.8 Å². The van der Waals surface area contributed by atoms with Crippen LogP contribution in [0, 0.1) is 0 Å². The minimum Gasteiger partial charge on any atom is -0.407 e. The SMILES string of the molecule is CCc1cc2ccccc2c2c1op(N1CCCCC1)oc1c(CC)cc3ccccc3c12. The molecule has 0 aliphatic carbocycles. The van der Waals surface area contributed by atoms with Crippen molar-refractivity contribution in [2.75, 3.05) is 17.8 Å². The fourth-order valence-electron chi connectivity index (χ4n) is 5.33. The van der Waals surface area contributed by atoms with E-state index in [1.807, 2.05) is 0 Å². The summed E-state index contributed by atoms with van der Waals surface area (Å²) in [7, 11) is -1.21. The van der Waals surface area contributed by atoms with Gasteiger partial charge >= 0.3 is 8.16 Å². The van der Waals surface area contributed by atoms with Gasteiger partial charge in [-0.25, -0.2) is 4.67 Å². The fraction of sp³-hybridized carbons (Fsp3) is 0.310. The van der Waals surface area contributed by atoms with Gasteiger partial charge in [0.1, 0.15) is 11.2 Å². The monoisotopic (exact) mass is 455 g/mol. The topological polar surface area (TPSA) is 29.5 Å². The van der Waals surface area contributed by atoms with Crippen molar-refractivity contribution in [1.29, 1.82) is 0 Å². The molecule has 1 aliphatic rings. The minimum atomic E-state index is -1.21. The predicted molar refractivity (Wildman–Crippen MR) is 142 cm³/mol. The smallest absolute Gasteiger partial charge is 0.309 e. The summed E-state index contributed by atoms with van der Waals surface area (Å²) in [6.45, 7) is 6.54. The number of benzene rings is 4. The Kier molecular flexibility index (Phi) is 5.40. The van der Waals surface area contributed by atoms with E-state index in [2.05, 4.69) is 79.2 Å². The van der Waals surface area contributed by atoms with Gasteiger partial charge in [0.2, 0.25) is 0 Å². The van der Waals surface area contributed by atoms with Crippen LogP contribution in [0.2, 0.25) is 0 Å². The molecule has 0 spiro atoms. The fourth-order valence-corrected chi connectivity index (χ4v) is 6.94. The number of piperidine rings is 1. The van der Waals surface area contributed by atoms with Crippen molar-refractivity contribution in [3.05, 3.63) is 71.8 Å². The molecule has 168 valence electrons. The molecule has 2 heterocycles. The zero-order valence-corrected chi connectivity index (χ0v) is 20.3. The van der Waals surface area contributed by atoms with E-state index in [4.69, 9.17) is 8.39 Å². The number of rotatable bonds is 3. The first-order valence-corrected chi connectivity index (χ1v) is 13.4. The van der Waals surface area contributed by atoms with E-state index in [0.29, 0.717) is 0 Å². The third kappa shape index (κ3) is 3.46.